The molecule has 1 aliphatic rings. The minimum absolute atomic E-state index is 0.139. The standard InChI is InChI=1S/C7H9F5O/c1-4(7(10,11)12)6(8,9)2-5-3-13-5/h4-5H,2-3H2,1H3. The van der Waals surface area contributed by atoms with E-state index in [0.717, 1.165) is 0 Å². The molecule has 0 N–H and O–H groups in total. The Morgan fingerprint density at radius 1 is 1.31 bits per heavy atom. The summed E-state index contributed by atoms with van der Waals surface area (Å²) in [6, 6.07) is 0. The third-order valence-electron chi connectivity index (χ3n) is 2.03. The van der Waals surface area contributed by atoms with Gasteiger partial charge in [0.05, 0.1) is 12.7 Å². The zero-order chi connectivity index (χ0) is 10.3. The Hall–Kier alpha value is -0.390. The second-order valence-electron chi connectivity index (χ2n) is 3.18. The van der Waals surface area contributed by atoms with Gasteiger partial charge in [-0.25, -0.2) is 8.78 Å². The largest absolute Gasteiger partial charge is 0.397 e. The first kappa shape index (κ1) is 10.7. The van der Waals surface area contributed by atoms with Crippen molar-refractivity contribution >= 4 is 0 Å². The number of ether oxygens (including phenoxy) is 1. The molecule has 0 aromatic rings. The summed E-state index contributed by atoms with van der Waals surface area (Å²) in [5.41, 5.74) is 0. The van der Waals surface area contributed by atoms with Crippen molar-refractivity contribution in [3.63, 3.8) is 0 Å². The molecular weight excluding hydrogens is 195 g/mol. The van der Waals surface area contributed by atoms with E-state index in [9.17, 15) is 22.0 Å². The van der Waals surface area contributed by atoms with Crippen LogP contribution in [0.2, 0.25) is 0 Å². The van der Waals surface area contributed by atoms with Crippen LogP contribution in [0.1, 0.15) is 13.3 Å². The van der Waals surface area contributed by atoms with Crippen LogP contribution in [0, 0.1) is 5.92 Å². The highest BCUT2D eigenvalue weighted by atomic mass is 19.4. The molecule has 1 aliphatic heterocycles. The number of alkyl halides is 5. The summed E-state index contributed by atoms with van der Waals surface area (Å²) in [4.78, 5) is 0. The van der Waals surface area contributed by atoms with E-state index in [1.165, 1.54) is 0 Å². The smallest absolute Gasteiger partial charge is 0.373 e. The van der Waals surface area contributed by atoms with Crippen LogP contribution in [0.3, 0.4) is 0 Å². The maximum atomic E-state index is 12.8. The lowest BCUT2D eigenvalue weighted by molar-refractivity contribution is -0.236. The molecule has 2 atom stereocenters. The molecule has 0 radical (unpaired) electrons. The average molecular weight is 204 g/mol. The summed E-state index contributed by atoms with van der Waals surface area (Å²) < 4.78 is 65.8. The van der Waals surface area contributed by atoms with E-state index >= 15 is 0 Å². The molecule has 1 rings (SSSR count). The number of hydrogen-bond donors (Lipinski definition) is 0. The van der Waals surface area contributed by atoms with Gasteiger partial charge in [0.15, 0.2) is 0 Å². The normalized spacial score (nSPS) is 25.8. The molecule has 0 aliphatic carbocycles. The van der Waals surface area contributed by atoms with E-state index in [-0.39, 0.29) is 6.61 Å². The van der Waals surface area contributed by atoms with Crippen LogP contribution in [0.5, 0.6) is 0 Å². The fraction of sp³-hybridized carbons (Fsp3) is 1.00. The molecule has 0 aromatic carbocycles. The fourth-order valence-electron chi connectivity index (χ4n) is 0.906. The van der Waals surface area contributed by atoms with Crippen molar-refractivity contribution in [2.24, 2.45) is 5.92 Å². The molecule has 1 heterocycles. The van der Waals surface area contributed by atoms with Crippen LogP contribution in [0.15, 0.2) is 0 Å². The van der Waals surface area contributed by atoms with E-state index in [2.05, 4.69) is 4.74 Å². The summed E-state index contributed by atoms with van der Waals surface area (Å²) in [6.45, 7) is 0.628. The Morgan fingerprint density at radius 2 is 1.77 bits per heavy atom. The first-order chi connectivity index (χ1) is 5.73. The van der Waals surface area contributed by atoms with Crippen molar-refractivity contribution in [3.05, 3.63) is 0 Å². The first-order valence-electron chi connectivity index (χ1n) is 3.79. The average Bonchev–Trinajstić information content (AvgIpc) is 2.67. The zero-order valence-electron chi connectivity index (χ0n) is 6.87. The van der Waals surface area contributed by atoms with E-state index in [1.54, 1.807) is 0 Å². The monoisotopic (exact) mass is 204 g/mol. The van der Waals surface area contributed by atoms with Crippen molar-refractivity contribution in [1.82, 2.24) is 0 Å². The van der Waals surface area contributed by atoms with Crippen molar-refractivity contribution in [1.29, 1.82) is 0 Å². The number of rotatable bonds is 3. The van der Waals surface area contributed by atoms with Crippen LogP contribution >= 0.6 is 0 Å². The predicted molar refractivity (Wildman–Crippen MR) is 34.5 cm³/mol. The Kier molecular flexibility index (Phi) is 2.53. The molecule has 1 fully saturated rings. The van der Waals surface area contributed by atoms with Gasteiger partial charge in [-0.15, -0.1) is 0 Å². The van der Waals surface area contributed by atoms with E-state index in [0.29, 0.717) is 6.92 Å². The maximum Gasteiger partial charge on any atom is 0.397 e. The maximum absolute atomic E-state index is 12.8. The molecule has 1 saturated heterocycles. The molecule has 0 amide bonds. The van der Waals surface area contributed by atoms with E-state index in [4.69, 9.17) is 0 Å². The highest BCUT2D eigenvalue weighted by molar-refractivity contribution is 4.85. The minimum atomic E-state index is -4.85. The number of halogens is 5. The fourth-order valence-corrected chi connectivity index (χ4v) is 0.906. The lowest BCUT2D eigenvalue weighted by Gasteiger charge is -2.24. The zero-order valence-corrected chi connectivity index (χ0v) is 6.87. The third kappa shape index (κ3) is 2.79. The van der Waals surface area contributed by atoms with Crippen LogP contribution < -0.4 is 0 Å². The summed E-state index contributed by atoms with van der Waals surface area (Å²) >= 11 is 0. The van der Waals surface area contributed by atoms with Gasteiger partial charge in [0, 0.05) is 6.42 Å². The lowest BCUT2D eigenvalue weighted by Crippen LogP contribution is -2.38. The predicted octanol–water partition coefficient (Wildman–Crippen LogP) is 2.61. The van der Waals surface area contributed by atoms with Crippen molar-refractivity contribution in [2.45, 2.75) is 31.5 Å². The lowest BCUT2D eigenvalue weighted by atomic mass is 9.99. The summed E-state index contributed by atoms with van der Waals surface area (Å²) in [5, 5.41) is 0. The highest BCUT2D eigenvalue weighted by Gasteiger charge is 2.54. The second kappa shape index (κ2) is 3.08. The Labute approximate surface area is 71.9 Å². The van der Waals surface area contributed by atoms with E-state index < -0.39 is 30.5 Å². The molecule has 0 saturated carbocycles. The van der Waals surface area contributed by atoms with Gasteiger partial charge in [0.2, 0.25) is 0 Å². The molecule has 78 valence electrons. The Bertz CT molecular complexity index is 184. The van der Waals surface area contributed by atoms with Gasteiger partial charge in [-0.05, 0) is 6.92 Å². The van der Waals surface area contributed by atoms with Gasteiger partial charge in [-0.1, -0.05) is 0 Å². The molecule has 13 heavy (non-hydrogen) atoms. The van der Waals surface area contributed by atoms with Gasteiger partial charge >= 0.3 is 6.18 Å². The first-order valence-corrected chi connectivity index (χ1v) is 3.79. The molecule has 2 unspecified atom stereocenters. The van der Waals surface area contributed by atoms with Gasteiger partial charge in [-0.3, -0.25) is 0 Å². The van der Waals surface area contributed by atoms with Crippen LogP contribution in [-0.4, -0.2) is 24.8 Å². The van der Waals surface area contributed by atoms with Crippen molar-refractivity contribution in [2.75, 3.05) is 6.61 Å². The molecule has 6 heteroatoms. The summed E-state index contributed by atoms with van der Waals surface area (Å²) in [6.07, 6.45) is -6.38. The van der Waals surface area contributed by atoms with E-state index in [1.807, 2.05) is 0 Å². The van der Waals surface area contributed by atoms with Crippen molar-refractivity contribution in [3.8, 4) is 0 Å². The minimum Gasteiger partial charge on any atom is -0.373 e. The number of epoxide rings is 1. The van der Waals surface area contributed by atoms with Gasteiger partial charge < -0.3 is 4.74 Å². The summed E-state index contributed by atoms with van der Waals surface area (Å²) in [7, 11) is 0. The van der Waals surface area contributed by atoms with Crippen LogP contribution in [0.25, 0.3) is 0 Å². The molecule has 0 bridgehead atoms. The summed E-state index contributed by atoms with van der Waals surface area (Å²) in [5.74, 6) is -6.33. The molecule has 1 nitrogen and oxygen atoms in total. The van der Waals surface area contributed by atoms with Gasteiger partial charge in [-0.2, -0.15) is 13.2 Å². The Morgan fingerprint density at radius 3 is 2.08 bits per heavy atom. The SMILES string of the molecule is CC(C(F)(F)F)C(F)(F)CC1CO1. The third-order valence-corrected chi connectivity index (χ3v) is 2.03. The van der Waals surface area contributed by atoms with Crippen LogP contribution in [-0.2, 0) is 4.74 Å². The van der Waals surface area contributed by atoms with Gasteiger partial charge in [0.1, 0.15) is 5.92 Å². The Balaban J connectivity index is 2.55. The quantitative estimate of drug-likeness (QED) is 0.508. The van der Waals surface area contributed by atoms with Crippen molar-refractivity contribution < 1.29 is 26.7 Å². The van der Waals surface area contributed by atoms with Gasteiger partial charge in [0.25, 0.3) is 5.92 Å². The van der Waals surface area contributed by atoms with Crippen LogP contribution in [0.4, 0.5) is 22.0 Å². The molecule has 0 spiro atoms. The molecule has 0 aromatic heterocycles. The topological polar surface area (TPSA) is 12.5 Å². The second-order valence-corrected chi connectivity index (χ2v) is 3.18. The molecular formula is C7H9F5O. The highest BCUT2D eigenvalue weighted by Crippen LogP contribution is 2.42. The number of hydrogen-bond acceptors (Lipinski definition) is 1.